The molecule has 0 atom stereocenters. The monoisotopic (exact) mass is 277 g/mol. The predicted octanol–water partition coefficient (Wildman–Crippen LogP) is 3.59. The first-order valence-corrected chi connectivity index (χ1v) is 6.14. The van der Waals surface area contributed by atoms with Crippen molar-refractivity contribution in [1.82, 2.24) is 4.98 Å². The van der Waals surface area contributed by atoms with Crippen molar-refractivity contribution in [1.29, 1.82) is 5.26 Å². The number of hydrogen-bond acceptors (Lipinski definition) is 4. The molecule has 5 heteroatoms. The van der Waals surface area contributed by atoms with E-state index in [0.29, 0.717) is 11.1 Å². The molecule has 1 aromatic heterocycles. The summed E-state index contributed by atoms with van der Waals surface area (Å²) >= 11 is 0. The van der Waals surface area contributed by atoms with Crippen molar-refractivity contribution in [3.8, 4) is 6.07 Å². The van der Waals surface area contributed by atoms with Gasteiger partial charge in [0.15, 0.2) is 0 Å². The highest BCUT2D eigenvalue weighted by molar-refractivity contribution is 5.64. The van der Waals surface area contributed by atoms with Gasteiger partial charge in [-0.05, 0) is 23.8 Å². The Balaban J connectivity index is 2.18. The van der Waals surface area contributed by atoms with Crippen LogP contribution in [0, 0.1) is 21.4 Å². The number of nitro benzene ring substituents is 1. The Morgan fingerprint density at radius 2 is 1.86 bits per heavy atom. The van der Waals surface area contributed by atoms with E-state index in [1.807, 2.05) is 0 Å². The highest BCUT2D eigenvalue weighted by Crippen LogP contribution is 2.19. The van der Waals surface area contributed by atoms with E-state index in [0.717, 1.165) is 5.56 Å². The fraction of sp³-hybridized carbons (Fsp3) is 0. The standard InChI is InChI=1S/C16H11N3O2/c17-11-15-12-18-10-9-13(15)5-1-2-6-14-7-3-4-8-16(14)19(20)21/h1-10,12H/b5-1+,6-2+. The number of allylic oxidation sites excluding steroid dienone is 2. The molecule has 0 bridgehead atoms. The molecular formula is C16H11N3O2. The molecule has 0 saturated heterocycles. The number of pyridine rings is 1. The number of nitrogens with zero attached hydrogens (tertiary/aromatic N) is 3. The van der Waals surface area contributed by atoms with Crippen LogP contribution in [0.3, 0.4) is 0 Å². The summed E-state index contributed by atoms with van der Waals surface area (Å²) < 4.78 is 0. The van der Waals surface area contributed by atoms with Crippen LogP contribution in [0.5, 0.6) is 0 Å². The minimum Gasteiger partial charge on any atom is -0.263 e. The summed E-state index contributed by atoms with van der Waals surface area (Å²) in [6, 6.07) is 10.3. The molecule has 2 aromatic rings. The average Bonchev–Trinajstić information content (AvgIpc) is 2.52. The predicted molar refractivity (Wildman–Crippen MR) is 80.1 cm³/mol. The molecule has 1 heterocycles. The molecule has 102 valence electrons. The summed E-state index contributed by atoms with van der Waals surface area (Å²) in [5.41, 5.74) is 1.82. The smallest absolute Gasteiger partial charge is 0.263 e. The lowest BCUT2D eigenvalue weighted by Crippen LogP contribution is -1.90. The van der Waals surface area contributed by atoms with Gasteiger partial charge in [-0.3, -0.25) is 15.1 Å². The summed E-state index contributed by atoms with van der Waals surface area (Å²) in [6.07, 6.45) is 9.93. The first kappa shape index (κ1) is 14.2. The molecule has 0 radical (unpaired) electrons. The molecular weight excluding hydrogens is 266 g/mol. The van der Waals surface area contributed by atoms with Crippen LogP contribution in [-0.4, -0.2) is 9.91 Å². The van der Waals surface area contributed by atoms with Gasteiger partial charge >= 0.3 is 0 Å². The van der Waals surface area contributed by atoms with Gasteiger partial charge in [0.2, 0.25) is 0 Å². The van der Waals surface area contributed by atoms with Crippen LogP contribution in [0.2, 0.25) is 0 Å². The average molecular weight is 277 g/mol. The zero-order valence-corrected chi connectivity index (χ0v) is 11.0. The van der Waals surface area contributed by atoms with Crippen molar-refractivity contribution in [2.75, 3.05) is 0 Å². The van der Waals surface area contributed by atoms with E-state index in [9.17, 15) is 10.1 Å². The zero-order chi connectivity index (χ0) is 15.1. The number of nitro groups is 1. The Morgan fingerprint density at radius 3 is 2.57 bits per heavy atom. The lowest BCUT2D eigenvalue weighted by Gasteiger charge is -1.96. The third kappa shape index (κ3) is 3.61. The molecule has 0 saturated carbocycles. The van der Waals surface area contributed by atoms with Gasteiger partial charge in [0.1, 0.15) is 6.07 Å². The zero-order valence-electron chi connectivity index (χ0n) is 11.0. The van der Waals surface area contributed by atoms with Crippen molar-refractivity contribution < 1.29 is 4.92 Å². The first-order valence-electron chi connectivity index (χ1n) is 6.14. The Morgan fingerprint density at radius 1 is 1.14 bits per heavy atom. The molecule has 0 spiro atoms. The highest BCUT2D eigenvalue weighted by atomic mass is 16.6. The minimum absolute atomic E-state index is 0.0591. The van der Waals surface area contributed by atoms with Crippen LogP contribution >= 0.6 is 0 Å². The molecule has 2 rings (SSSR count). The Hall–Kier alpha value is -3.26. The van der Waals surface area contributed by atoms with Crippen molar-refractivity contribution in [3.05, 3.63) is 81.7 Å². The number of benzene rings is 1. The van der Waals surface area contributed by atoms with Gasteiger partial charge in [-0.25, -0.2) is 0 Å². The van der Waals surface area contributed by atoms with Gasteiger partial charge in [0.05, 0.1) is 16.1 Å². The van der Waals surface area contributed by atoms with Crippen LogP contribution in [-0.2, 0) is 0 Å². The van der Waals surface area contributed by atoms with Crippen LogP contribution in [0.15, 0.2) is 54.9 Å². The Kier molecular flexibility index (Phi) is 4.57. The van der Waals surface area contributed by atoms with E-state index in [-0.39, 0.29) is 5.69 Å². The molecule has 21 heavy (non-hydrogen) atoms. The van der Waals surface area contributed by atoms with E-state index >= 15 is 0 Å². The number of para-hydroxylation sites is 1. The van der Waals surface area contributed by atoms with Crippen molar-refractivity contribution in [2.24, 2.45) is 0 Å². The van der Waals surface area contributed by atoms with E-state index in [4.69, 9.17) is 5.26 Å². The molecule has 5 nitrogen and oxygen atoms in total. The molecule has 1 aromatic carbocycles. The number of aromatic nitrogens is 1. The topological polar surface area (TPSA) is 79.8 Å². The summed E-state index contributed by atoms with van der Waals surface area (Å²) in [5, 5.41) is 19.8. The van der Waals surface area contributed by atoms with Crippen LogP contribution in [0.1, 0.15) is 16.7 Å². The van der Waals surface area contributed by atoms with Crippen molar-refractivity contribution in [2.45, 2.75) is 0 Å². The van der Waals surface area contributed by atoms with E-state index in [1.165, 1.54) is 12.3 Å². The van der Waals surface area contributed by atoms with Gasteiger partial charge in [-0.2, -0.15) is 5.26 Å². The van der Waals surface area contributed by atoms with Gasteiger partial charge in [0, 0.05) is 18.5 Å². The second-order valence-electron chi connectivity index (χ2n) is 4.11. The highest BCUT2D eigenvalue weighted by Gasteiger charge is 2.08. The second-order valence-corrected chi connectivity index (χ2v) is 4.11. The minimum atomic E-state index is -0.417. The quantitative estimate of drug-likeness (QED) is 0.486. The van der Waals surface area contributed by atoms with Crippen LogP contribution in [0.4, 0.5) is 5.69 Å². The number of rotatable bonds is 4. The molecule has 0 aliphatic heterocycles. The molecule has 0 fully saturated rings. The maximum atomic E-state index is 10.9. The molecule has 0 N–H and O–H groups in total. The Labute approximate surface area is 121 Å². The normalized spacial score (nSPS) is 10.8. The van der Waals surface area contributed by atoms with Crippen molar-refractivity contribution in [3.63, 3.8) is 0 Å². The van der Waals surface area contributed by atoms with Gasteiger partial charge in [-0.15, -0.1) is 0 Å². The fourth-order valence-corrected chi connectivity index (χ4v) is 1.76. The fourth-order valence-electron chi connectivity index (χ4n) is 1.76. The van der Waals surface area contributed by atoms with Gasteiger partial charge in [0.25, 0.3) is 5.69 Å². The molecule has 0 unspecified atom stereocenters. The largest absolute Gasteiger partial charge is 0.276 e. The van der Waals surface area contributed by atoms with Gasteiger partial charge in [-0.1, -0.05) is 30.4 Å². The first-order chi connectivity index (χ1) is 10.2. The van der Waals surface area contributed by atoms with E-state index in [1.54, 1.807) is 54.8 Å². The molecule has 0 aliphatic rings. The summed E-state index contributed by atoms with van der Waals surface area (Å²) in [4.78, 5) is 14.3. The van der Waals surface area contributed by atoms with E-state index < -0.39 is 4.92 Å². The summed E-state index contributed by atoms with van der Waals surface area (Å²) in [5.74, 6) is 0. The second kappa shape index (κ2) is 6.78. The number of nitriles is 1. The SMILES string of the molecule is N#Cc1cnccc1/C=C/C=C/c1ccccc1[N+](=O)[O-]. The molecule has 0 aliphatic carbocycles. The molecule has 0 amide bonds. The third-order valence-electron chi connectivity index (χ3n) is 2.77. The van der Waals surface area contributed by atoms with Gasteiger partial charge < -0.3 is 0 Å². The Bertz CT molecular complexity index is 758. The lowest BCUT2D eigenvalue weighted by molar-refractivity contribution is -0.385. The van der Waals surface area contributed by atoms with Crippen LogP contribution < -0.4 is 0 Å². The maximum Gasteiger partial charge on any atom is 0.276 e. The van der Waals surface area contributed by atoms with Crippen molar-refractivity contribution >= 4 is 17.8 Å². The summed E-state index contributed by atoms with van der Waals surface area (Å²) in [7, 11) is 0. The number of hydrogen-bond donors (Lipinski definition) is 0. The van der Waals surface area contributed by atoms with E-state index in [2.05, 4.69) is 11.1 Å². The maximum absolute atomic E-state index is 10.9. The third-order valence-corrected chi connectivity index (χ3v) is 2.77. The lowest BCUT2D eigenvalue weighted by atomic mass is 10.1. The van der Waals surface area contributed by atoms with Crippen LogP contribution in [0.25, 0.3) is 12.2 Å². The summed E-state index contributed by atoms with van der Waals surface area (Å²) in [6.45, 7) is 0.